The van der Waals surface area contributed by atoms with Gasteiger partial charge >= 0.3 is 0 Å². The highest BCUT2D eigenvalue weighted by molar-refractivity contribution is 6.53. The lowest BCUT2D eigenvalue weighted by Crippen LogP contribution is -2.32. The highest BCUT2D eigenvalue weighted by atomic mass is 35.5. The molecule has 0 aliphatic carbocycles. The van der Waals surface area contributed by atoms with E-state index in [1.807, 2.05) is 31.2 Å². The number of ether oxygens (including phenoxy) is 1. The first kappa shape index (κ1) is 16.1. The number of rotatable bonds is 4. The second kappa shape index (κ2) is 6.37. The van der Waals surface area contributed by atoms with Gasteiger partial charge < -0.3 is 10.1 Å². The Labute approximate surface area is 144 Å². The van der Waals surface area contributed by atoms with Crippen molar-refractivity contribution in [2.24, 2.45) is 0 Å². The van der Waals surface area contributed by atoms with E-state index >= 15 is 0 Å². The van der Waals surface area contributed by atoms with E-state index in [0.717, 1.165) is 16.2 Å². The zero-order valence-corrected chi connectivity index (χ0v) is 13.9. The average molecular weight is 343 g/mol. The predicted molar refractivity (Wildman–Crippen MR) is 93.2 cm³/mol. The number of nitrogens with one attached hydrogen (secondary N) is 1. The molecule has 6 heteroatoms. The molecule has 2 amide bonds. The number of para-hydroxylation sites is 1. The molecule has 0 saturated heterocycles. The molecule has 2 aromatic rings. The molecular weight excluding hydrogens is 328 g/mol. The third-order valence-electron chi connectivity index (χ3n) is 3.76. The van der Waals surface area contributed by atoms with Gasteiger partial charge in [0.05, 0.1) is 12.8 Å². The first-order valence-electron chi connectivity index (χ1n) is 7.28. The van der Waals surface area contributed by atoms with Crippen molar-refractivity contribution >= 4 is 34.8 Å². The third kappa shape index (κ3) is 2.74. The van der Waals surface area contributed by atoms with Gasteiger partial charge in [0.2, 0.25) is 0 Å². The Morgan fingerprint density at radius 1 is 1.00 bits per heavy atom. The second-order valence-corrected chi connectivity index (χ2v) is 5.65. The maximum atomic E-state index is 12.7. The van der Waals surface area contributed by atoms with E-state index in [4.69, 9.17) is 16.3 Å². The van der Waals surface area contributed by atoms with E-state index in [1.165, 1.54) is 0 Å². The van der Waals surface area contributed by atoms with E-state index in [2.05, 4.69) is 5.32 Å². The molecule has 0 spiro atoms. The summed E-state index contributed by atoms with van der Waals surface area (Å²) in [5.74, 6) is -0.406. The number of amides is 2. The fourth-order valence-corrected chi connectivity index (χ4v) is 2.64. The number of benzene rings is 2. The van der Waals surface area contributed by atoms with Crippen molar-refractivity contribution < 1.29 is 14.3 Å². The van der Waals surface area contributed by atoms with Gasteiger partial charge in [0.15, 0.2) is 0 Å². The van der Waals surface area contributed by atoms with Crippen LogP contribution in [0.25, 0.3) is 0 Å². The van der Waals surface area contributed by atoms with Gasteiger partial charge in [0.25, 0.3) is 11.8 Å². The Bertz CT molecular complexity index is 844. The van der Waals surface area contributed by atoms with Crippen molar-refractivity contribution in [1.82, 2.24) is 0 Å². The molecule has 1 aliphatic heterocycles. The quantitative estimate of drug-likeness (QED) is 0.865. The number of anilines is 2. The fraction of sp³-hybridized carbons (Fsp3) is 0.111. The van der Waals surface area contributed by atoms with Crippen molar-refractivity contribution in [2.45, 2.75) is 6.92 Å². The predicted octanol–water partition coefficient (Wildman–Crippen LogP) is 3.44. The highest BCUT2D eigenvalue weighted by Crippen LogP contribution is 2.31. The van der Waals surface area contributed by atoms with Crippen LogP contribution in [-0.2, 0) is 9.59 Å². The topological polar surface area (TPSA) is 58.6 Å². The lowest BCUT2D eigenvalue weighted by Gasteiger charge is -2.15. The van der Waals surface area contributed by atoms with Gasteiger partial charge in [-0.2, -0.15) is 0 Å². The standard InChI is InChI=1S/C18H15ClN2O3/c1-11-5-3-4-6-14(11)20-16-15(19)17(22)21(18(16)23)12-7-9-13(24-2)10-8-12/h3-10,20H,1-2H3. The lowest BCUT2D eigenvalue weighted by atomic mass is 10.2. The molecular formula is C18H15ClN2O3. The maximum Gasteiger partial charge on any atom is 0.283 e. The van der Waals surface area contributed by atoms with Crippen LogP contribution in [0.1, 0.15) is 5.56 Å². The smallest absolute Gasteiger partial charge is 0.283 e. The Hall–Kier alpha value is -2.79. The first-order chi connectivity index (χ1) is 11.5. The summed E-state index contributed by atoms with van der Waals surface area (Å²) in [6.07, 6.45) is 0. The number of carbonyl (C=O) groups excluding carboxylic acids is 2. The summed E-state index contributed by atoms with van der Waals surface area (Å²) in [5.41, 5.74) is 2.18. The first-order valence-corrected chi connectivity index (χ1v) is 7.66. The van der Waals surface area contributed by atoms with Crippen LogP contribution < -0.4 is 15.0 Å². The van der Waals surface area contributed by atoms with E-state index in [9.17, 15) is 9.59 Å². The largest absolute Gasteiger partial charge is 0.497 e. The monoisotopic (exact) mass is 342 g/mol. The Morgan fingerprint density at radius 2 is 1.67 bits per heavy atom. The van der Waals surface area contributed by atoms with Crippen LogP contribution >= 0.6 is 11.6 Å². The van der Waals surface area contributed by atoms with Crippen molar-refractivity contribution in [2.75, 3.05) is 17.3 Å². The Balaban J connectivity index is 1.91. The Morgan fingerprint density at radius 3 is 2.29 bits per heavy atom. The van der Waals surface area contributed by atoms with Crippen LogP contribution in [-0.4, -0.2) is 18.9 Å². The van der Waals surface area contributed by atoms with Crippen molar-refractivity contribution in [3.05, 3.63) is 64.8 Å². The molecule has 24 heavy (non-hydrogen) atoms. The average Bonchev–Trinajstić information content (AvgIpc) is 2.80. The van der Waals surface area contributed by atoms with Gasteiger partial charge in [-0.25, -0.2) is 4.90 Å². The lowest BCUT2D eigenvalue weighted by molar-refractivity contribution is -0.120. The SMILES string of the molecule is COc1ccc(N2C(=O)C(Cl)=C(Nc3ccccc3C)C2=O)cc1. The van der Waals surface area contributed by atoms with Crippen molar-refractivity contribution in [1.29, 1.82) is 0 Å². The van der Waals surface area contributed by atoms with Crippen LogP contribution in [0.2, 0.25) is 0 Å². The molecule has 1 aliphatic rings. The van der Waals surface area contributed by atoms with Crippen molar-refractivity contribution in [3.8, 4) is 5.75 Å². The number of aryl methyl sites for hydroxylation is 1. The van der Waals surface area contributed by atoms with E-state index in [0.29, 0.717) is 11.4 Å². The Kier molecular flexibility index (Phi) is 4.27. The van der Waals surface area contributed by atoms with Gasteiger partial charge in [-0.15, -0.1) is 0 Å². The number of carbonyl (C=O) groups is 2. The molecule has 5 nitrogen and oxygen atoms in total. The van der Waals surface area contributed by atoms with Crippen LogP contribution in [0, 0.1) is 6.92 Å². The zero-order valence-electron chi connectivity index (χ0n) is 13.2. The molecule has 0 atom stereocenters. The number of nitrogens with zero attached hydrogens (tertiary/aromatic N) is 1. The molecule has 3 rings (SSSR count). The number of methoxy groups -OCH3 is 1. The van der Waals surface area contributed by atoms with Gasteiger partial charge in [-0.05, 0) is 42.8 Å². The van der Waals surface area contributed by atoms with Crippen molar-refractivity contribution in [3.63, 3.8) is 0 Å². The molecule has 0 saturated carbocycles. The third-order valence-corrected chi connectivity index (χ3v) is 4.11. The minimum atomic E-state index is -0.553. The van der Waals surface area contributed by atoms with Gasteiger partial charge in [0.1, 0.15) is 16.5 Å². The zero-order chi connectivity index (χ0) is 17.3. The molecule has 0 unspecified atom stereocenters. The van der Waals surface area contributed by atoms with Gasteiger partial charge in [0, 0.05) is 5.69 Å². The summed E-state index contributed by atoms with van der Waals surface area (Å²) in [6.45, 7) is 1.90. The molecule has 2 aromatic carbocycles. The van der Waals surface area contributed by atoms with Crippen LogP contribution in [0.5, 0.6) is 5.75 Å². The van der Waals surface area contributed by atoms with Gasteiger partial charge in [-0.3, -0.25) is 9.59 Å². The summed E-state index contributed by atoms with van der Waals surface area (Å²) in [6, 6.07) is 14.1. The molecule has 1 heterocycles. The number of hydrogen-bond acceptors (Lipinski definition) is 4. The van der Waals surface area contributed by atoms with E-state index in [-0.39, 0.29) is 10.7 Å². The summed E-state index contributed by atoms with van der Waals surface area (Å²) in [7, 11) is 1.55. The van der Waals surface area contributed by atoms with Crippen LogP contribution in [0.15, 0.2) is 59.3 Å². The molecule has 0 fully saturated rings. The molecule has 0 bridgehead atoms. The molecule has 0 aromatic heterocycles. The number of imide groups is 1. The second-order valence-electron chi connectivity index (χ2n) is 5.27. The summed E-state index contributed by atoms with van der Waals surface area (Å²) >= 11 is 6.11. The van der Waals surface area contributed by atoms with Gasteiger partial charge in [-0.1, -0.05) is 29.8 Å². The molecule has 0 radical (unpaired) electrons. The summed E-state index contributed by atoms with van der Waals surface area (Å²) in [5, 5.41) is 2.85. The van der Waals surface area contributed by atoms with Crippen LogP contribution in [0.4, 0.5) is 11.4 Å². The maximum absolute atomic E-state index is 12.7. The number of hydrogen-bond donors (Lipinski definition) is 1. The number of halogens is 1. The summed E-state index contributed by atoms with van der Waals surface area (Å²) < 4.78 is 5.08. The minimum absolute atomic E-state index is 0.0757. The molecule has 122 valence electrons. The fourth-order valence-electron chi connectivity index (χ4n) is 2.42. The minimum Gasteiger partial charge on any atom is -0.497 e. The molecule has 1 N–H and O–H groups in total. The summed E-state index contributed by atoms with van der Waals surface area (Å²) in [4.78, 5) is 26.1. The van der Waals surface area contributed by atoms with E-state index in [1.54, 1.807) is 31.4 Å². The normalized spacial score (nSPS) is 14.4. The van der Waals surface area contributed by atoms with E-state index < -0.39 is 11.8 Å². The van der Waals surface area contributed by atoms with Crippen LogP contribution in [0.3, 0.4) is 0 Å². The highest BCUT2D eigenvalue weighted by Gasteiger charge is 2.39.